The number of rotatable bonds is 2. The normalized spacial score (nSPS) is 19.2. The number of piperidine rings is 1. The molecular weight excluding hydrogens is 512 g/mol. The number of hydrogen-bond donors (Lipinski definition) is 2. The zero-order chi connectivity index (χ0) is 24.8. The number of aromatic amines is 1. The average Bonchev–Trinajstić information content (AvgIpc) is 3.28. The average molecular weight is 541 g/mol. The van der Waals surface area contributed by atoms with Crippen LogP contribution in [-0.4, -0.2) is 51.4 Å². The quantitative estimate of drug-likeness (QED) is 0.456. The largest absolute Gasteiger partial charge is 0.487 e. The second-order valence-electron chi connectivity index (χ2n) is 10.3. The first-order chi connectivity index (χ1) is 16.6. The van der Waals surface area contributed by atoms with Crippen LogP contribution in [0.3, 0.4) is 0 Å². The number of likely N-dealkylation sites (tertiary alicyclic amines) is 1. The molecule has 3 heterocycles. The fraction of sp³-hybridized carbons (Fsp3) is 0.423. The van der Waals surface area contributed by atoms with Gasteiger partial charge in [-0.2, -0.15) is 5.10 Å². The molecule has 0 aliphatic carbocycles. The predicted octanol–water partition coefficient (Wildman–Crippen LogP) is 5.35. The van der Waals surface area contributed by atoms with Crippen molar-refractivity contribution in [2.24, 2.45) is 0 Å². The number of nitrogens with one attached hydrogen (secondary N) is 2. The van der Waals surface area contributed by atoms with Crippen molar-refractivity contribution in [1.29, 1.82) is 0 Å². The second-order valence-corrected chi connectivity index (χ2v) is 11.2. The Bertz CT molecular complexity index is 1270. The molecule has 184 valence electrons. The SMILES string of the molecule is CC(C)(C)OC(=O)N1CCC2(CC1)C[C@H](NC(=O)c1cccc3cn[nH]c13)c1cc(Br)ccc1O2. The van der Waals surface area contributed by atoms with Crippen molar-refractivity contribution in [2.45, 2.75) is 57.3 Å². The Morgan fingerprint density at radius 3 is 2.74 bits per heavy atom. The maximum Gasteiger partial charge on any atom is 0.410 e. The second kappa shape index (κ2) is 8.86. The molecule has 8 nitrogen and oxygen atoms in total. The number of aromatic nitrogens is 2. The molecule has 1 fully saturated rings. The third-order valence-corrected chi connectivity index (χ3v) is 7.10. The zero-order valence-corrected chi connectivity index (χ0v) is 21.6. The van der Waals surface area contributed by atoms with Gasteiger partial charge in [-0.1, -0.05) is 28.1 Å². The highest BCUT2D eigenvalue weighted by molar-refractivity contribution is 9.10. The van der Waals surface area contributed by atoms with Gasteiger partial charge in [0.15, 0.2) is 0 Å². The van der Waals surface area contributed by atoms with Gasteiger partial charge in [0.2, 0.25) is 0 Å². The smallest absolute Gasteiger partial charge is 0.410 e. The third kappa shape index (κ3) is 4.87. The number of para-hydroxylation sites is 1. The lowest BCUT2D eigenvalue weighted by Crippen LogP contribution is -2.53. The van der Waals surface area contributed by atoms with Crippen molar-refractivity contribution < 1.29 is 19.1 Å². The van der Waals surface area contributed by atoms with Crippen molar-refractivity contribution in [3.63, 3.8) is 0 Å². The number of fused-ring (bicyclic) bond motifs is 2. The number of amides is 2. The molecule has 1 aromatic heterocycles. The first-order valence-electron chi connectivity index (χ1n) is 11.8. The molecule has 2 aliphatic heterocycles. The van der Waals surface area contributed by atoms with Gasteiger partial charge in [-0.25, -0.2) is 4.79 Å². The van der Waals surface area contributed by atoms with Gasteiger partial charge in [-0.3, -0.25) is 9.89 Å². The molecule has 35 heavy (non-hydrogen) atoms. The number of hydrogen-bond acceptors (Lipinski definition) is 5. The van der Waals surface area contributed by atoms with Gasteiger partial charge < -0.3 is 19.7 Å². The molecule has 3 aromatic rings. The molecule has 2 amide bonds. The van der Waals surface area contributed by atoms with E-state index in [1.807, 2.05) is 51.1 Å². The Morgan fingerprint density at radius 1 is 1.23 bits per heavy atom. The number of carbonyl (C=O) groups is 2. The van der Waals surface area contributed by atoms with Gasteiger partial charge in [0.1, 0.15) is 17.0 Å². The fourth-order valence-corrected chi connectivity index (χ4v) is 5.27. The van der Waals surface area contributed by atoms with Crippen LogP contribution in [0.5, 0.6) is 5.75 Å². The van der Waals surface area contributed by atoms with Crippen molar-refractivity contribution >= 4 is 38.8 Å². The van der Waals surface area contributed by atoms with Gasteiger partial charge in [0.05, 0.1) is 23.3 Å². The third-order valence-electron chi connectivity index (χ3n) is 6.60. The highest BCUT2D eigenvalue weighted by Crippen LogP contribution is 2.45. The molecule has 2 N–H and O–H groups in total. The van der Waals surface area contributed by atoms with Crippen molar-refractivity contribution in [3.05, 3.63) is 58.2 Å². The maximum absolute atomic E-state index is 13.4. The van der Waals surface area contributed by atoms with E-state index in [1.165, 1.54) is 0 Å². The van der Waals surface area contributed by atoms with E-state index in [0.717, 1.165) is 21.2 Å². The maximum atomic E-state index is 13.4. The number of halogens is 1. The summed E-state index contributed by atoms with van der Waals surface area (Å²) in [5.74, 6) is 0.592. The van der Waals surface area contributed by atoms with E-state index < -0.39 is 11.2 Å². The topological polar surface area (TPSA) is 96.5 Å². The lowest BCUT2D eigenvalue weighted by molar-refractivity contribution is -0.0340. The molecule has 2 aromatic carbocycles. The first-order valence-corrected chi connectivity index (χ1v) is 12.6. The van der Waals surface area contributed by atoms with Gasteiger partial charge in [-0.15, -0.1) is 0 Å². The van der Waals surface area contributed by atoms with Gasteiger partial charge in [-0.05, 0) is 45.0 Å². The van der Waals surface area contributed by atoms with E-state index in [-0.39, 0.29) is 18.0 Å². The monoisotopic (exact) mass is 540 g/mol. The molecule has 5 rings (SSSR count). The summed E-state index contributed by atoms with van der Waals surface area (Å²) in [5.41, 5.74) is 1.19. The van der Waals surface area contributed by atoms with Crippen molar-refractivity contribution in [2.75, 3.05) is 13.1 Å². The summed E-state index contributed by atoms with van der Waals surface area (Å²) in [5, 5.41) is 11.1. The minimum atomic E-state index is -0.535. The standard InChI is InChI=1S/C26H29BrN4O4/c1-25(2,3)35-24(33)31-11-9-26(10-12-31)14-20(19-13-17(27)7-8-21(19)34-26)29-23(32)18-6-4-5-16-15-28-30-22(16)18/h4-8,13,15,20H,9-12,14H2,1-3H3,(H,28,30)(H,29,32)/t20-/m0/s1. The minimum absolute atomic E-state index is 0.168. The Balaban J connectivity index is 1.38. The Hall–Kier alpha value is -3.07. The highest BCUT2D eigenvalue weighted by Gasteiger charge is 2.45. The predicted molar refractivity (Wildman–Crippen MR) is 135 cm³/mol. The highest BCUT2D eigenvalue weighted by atomic mass is 79.9. The molecule has 2 aliphatic rings. The van der Waals surface area contributed by atoms with Gasteiger partial charge in [0.25, 0.3) is 5.91 Å². The fourth-order valence-electron chi connectivity index (χ4n) is 4.89. The summed E-state index contributed by atoms with van der Waals surface area (Å²) in [7, 11) is 0. The van der Waals surface area contributed by atoms with Gasteiger partial charge in [0, 0.05) is 47.8 Å². The summed E-state index contributed by atoms with van der Waals surface area (Å²) in [6, 6.07) is 11.2. The molecule has 0 unspecified atom stereocenters. The number of carbonyl (C=O) groups excluding carboxylic acids is 2. The summed E-state index contributed by atoms with van der Waals surface area (Å²) >= 11 is 3.55. The van der Waals surface area contributed by atoms with Crippen molar-refractivity contribution in [3.8, 4) is 5.75 Å². The molecule has 1 atom stereocenters. The van der Waals surface area contributed by atoms with E-state index in [1.54, 1.807) is 17.2 Å². The molecule has 0 saturated carbocycles. The molecule has 9 heteroatoms. The van der Waals surface area contributed by atoms with Crippen LogP contribution in [0.2, 0.25) is 0 Å². The van der Waals surface area contributed by atoms with E-state index in [4.69, 9.17) is 9.47 Å². The van der Waals surface area contributed by atoms with Crippen LogP contribution < -0.4 is 10.1 Å². The number of nitrogens with zero attached hydrogens (tertiary/aromatic N) is 2. The first kappa shape index (κ1) is 23.7. The Morgan fingerprint density at radius 2 is 2.00 bits per heavy atom. The van der Waals surface area contributed by atoms with E-state index >= 15 is 0 Å². The Labute approximate surface area is 212 Å². The van der Waals surface area contributed by atoms with Gasteiger partial charge >= 0.3 is 6.09 Å². The minimum Gasteiger partial charge on any atom is -0.487 e. The summed E-state index contributed by atoms with van der Waals surface area (Å²) in [6.45, 7) is 6.68. The van der Waals surface area contributed by atoms with Crippen LogP contribution in [0, 0.1) is 0 Å². The van der Waals surface area contributed by atoms with Crippen LogP contribution in [0.1, 0.15) is 62.0 Å². The zero-order valence-electron chi connectivity index (χ0n) is 20.1. The number of H-pyrrole nitrogens is 1. The van der Waals surface area contributed by atoms with E-state index in [2.05, 4.69) is 31.4 Å². The molecular formula is C26H29BrN4O4. The molecule has 1 spiro atoms. The molecule has 1 saturated heterocycles. The number of benzene rings is 2. The van der Waals surface area contributed by atoms with Crippen LogP contribution in [0.4, 0.5) is 4.79 Å². The lowest BCUT2D eigenvalue weighted by atomic mass is 9.80. The van der Waals surface area contributed by atoms with Crippen LogP contribution in [0.25, 0.3) is 10.9 Å². The molecule has 0 radical (unpaired) electrons. The van der Waals surface area contributed by atoms with Crippen LogP contribution in [0.15, 0.2) is 47.1 Å². The summed E-state index contributed by atoms with van der Waals surface area (Å²) in [6.07, 6.45) is 3.34. The summed E-state index contributed by atoms with van der Waals surface area (Å²) < 4.78 is 13.0. The van der Waals surface area contributed by atoms with Crippen LogP contribution in [-0.2, 0) is 4.74 Å². The van der Waals surface area contributed by atoms with Crippen molar-refractivity contribution in [1.82, 2.24) is 20.4 Å². The van der Waals surface area contributed by atoms with E-state index in [9.17, 15) is 9.59 Å². The number of ether oxygens (including phenoxy) is 2. The Kier molecular flexibility index (Phi) is 5.99. The summed E-state index contributed by atoms with van der Waals surface area (Å²) in [4.78, 5) is 27.7. The molecule has 0 bridgehead atoms. The van der Waals surface area contributed by atoms with E-state index in [0.29, 0.717) is 43.4 Å². The lowest BCUT2D eigenvalue weighted by Gasteiger charge is -2.47. The van der Waals surface area contributed by atoms with Crippen LogP contribution >= 0.6 is 15.9 Å².